The maximum Gasteiger partial charge on any atom is 0.181 e. The van der Waals surface area contributed by atoms with Gasteiger partial charge in [-0.2, -0.15) is 0 Å². The van der Waals surface area contributed by atoms with Gasteiger partial charge in [-0.25, -0.2) is 4.98 Å². The summed E-state index contributed by atoms with van der Waals surface area (Å²) in [6.07, 6.45) is 10.9. The van der Waals surface area contributed by atoms with E-state index in [1.165, 1.54) is 32.1 Å². The molecule has 1 unspecified atom stereocenters. The van der Waals surface area contributed by atoms with Crippen molar-refractivity contribution in [1.82, 2.24) is 9.38 Å². The summed E-state index contributed by atoms with van der Waals surface area (Å²) >= 11 is 0. The van der Waals surface area contributed by atoms with Crippen LogP contribution in [0.15, 0.2) is 31.0 Å². The number of hydrogen-bond acceptors (Lipinski definition) is 4. The maximum absolute atomic E-state index is 12.9. The zero-order valence-corrected chi connectivity index (χ0v) is 16.2. The van der Waals surface area contributed by atoms with Gasteiger partial charge < -0.3 is 9.84 Å². The number of nitrogens with zero attached hydrogens (tertiary/aromatic N) is 2. The van der Waals surface area contributed by atoms with E-state index in [2.05, 4.69) is 11.6 Å². The Labute approximate surface area is 161 Å². The molecule has 1 fully saturated rings. The van der Waals surface area contributed by atoms with Crippen LogP contribution in [0.4, 0.5) is 0 Å². The number of carbonyl (C=O) groups is 1. The molecular weight excluding hydrogens is 340 g/mol. The molecule has 1 atom stereocenters. The van der Waals surface area contributed by atoms with E-state index in [4.69, 9.17) is 4.74 Å². The molecule has 5 heteroatoms. The number of aromatic nitrogens is 2. The van der Waals surface area contributed by atoms with Crippen LogP contribution in [0.2, 0.25) is 0 Å². The summed E-state index contributed by atoms with van der Waals surface area (Å²) in [4.78, 5) is 17.5. The number of imidazole rings is 1. The number of pyridine rings is 1. The van der Waals surface area contributed by atoms with Gasteiger partial charge in [0.1, 0.15) is 5.69 Å². The van der Waals surface area contributed by atoms with Gasteiger partial charge in [-0.05, 0) is 50.2 Å². The molecule has 0 bridgehead atoms. The molecule has 2 heterocycles. The summed E-state index contributed by atoms with van der Waals surface area (Å²) in [5.74, 6) is 1.23. The smallest absolute Gasteiger partial charge is 0.181 e. The minimum atomic E-state index is -0.106. The number of aryl methyl sites for hydroxylation is 1. The lowest BCUT2D eigenvalue weighted by molar-refractivity contribution is 0.0930. The van der Waals surface area contributed by atoms with Gasteiger partial charge in [-0.3, -0.25) is 9.20 Å². The number of aliphatic hydroxyl groups excluding tert-OH is 1. The van der Waals surface area contributed by atoms with Crippen molar-refractivity contribution in [2.45, 2.75) is 51.9 Å². The highest BCUT2D eigenvalue weighted by atomic mass is 16.5. The second-order valence-corrected chi connectivity index (χ2v) is 7.63. The number of rotatable bonds is 9. The molecule has 27 heavy (non-hydrogen) atoms. The molecule has 2 aromatic rings. The summed E-state index contributed by atoms with van der Waals surface area (Å²) in [7, 11) is 0. The first-order valence-electron chi connectivity index (χ1n) is 9.99. The second-order valence-electron chi connectivity index (χ2n) is 7.63. The fourth-order valence-electron chi connectivity index (χ4n) is 3.98. The minimum absolute atomic E-state index is 0.00895. The van der Waals surface area contributed by atoms with Gasteiger partial charge in [-0.1, -0.05) is 25.3 Å². The Morgan fingerprint density at radius 3 is 2.93 bits per heavy atom. The van der Waals surface area contributed by atoms with Gasteiger partial charge in [0.15, 0.2) is 17.2 Å². The third kappa shape index (κ3) is 4.59. The Bertz CT molecular complexity index is 790. The van der Waals surface area contributed by atoms with Crippen LogP contribution < -0.4 is 4.74 Å². The lowest BCUT2D eigenvalue weighted by Crippen LogP contribution is -2.16. The van der Waals surface area contributed by atoms with Crippen molar-refractivity contribution in [2.24, 2.45) is 11.8 Å². The molecule has 1 aliphatic carbocycles. The van der Waals surface area contributed by atoms with Gasteiger partial charge >= 0.3 is 0 Å². The van der Waals surface area contributed by atoms with E-state index in [1.54, 1.807) is 6.08 Å². The molecule has 0 spiro atoms. The standard InChI is InChI=1S/C22H30N2O3/c1-3-8-18(14-25)13-19(26)21-16(2)23-22-20(11-7-12-24(21)22)27-15-17-9-5-4-6-10-17/h3,7,11-12,17-18,25H,1,4-6,8-10,13-15H2,2H3. The van der Waals surface area contributed by atoms with Crippen molar-refractivity contribution in [3.8, 4) is 5.75 Å². The molecule has 1 N–H and O–H groups in total. The Morgan fingerprint density at radius 2 is 2.22 bits per heavy atom. The van der Waals surface area contributed by atoms with Crippen molar-refractivity contribution in [2.75, 3.05) is 13.2 Å². The summed E-state index contributed by atoms with van der Waals surface area (Å²) in [5.41, 5.74) is 1.97. The summed E-state index contributed by atoms with van der Waals surface area (Å²) in [6, 6.07) is 3.82. The van der Waals surface area contributed by atoms with Gasteiger partial charge in [0.25, 0.3) is 0 Å². The van der Waals surface area contributed by atoms with E-state index in [1.807, 2.05) is 29.7 Å². The molecule has 0 aromatic carbocycles. The quantitative estimate of drug-likeness (QED) is 0.526. The van der Waals surface area contributed by atoms with E-state index < -0.39 is 0 Å². The third-order valence-corrected chi connectivity index (χ3v) is 5.48. The average molecular weight is 370 g/mol. The predicted molar refractivity (Wildman–Crippen MR) is 106 cm³/mol. The van der Waals surface area contributed by atoms with E-state index in [9.17, 15) is 9.90 Å². The van der Waals surface area contributed by atoms with Gasteiger partial charge in [0, 0.05) is 19.2 Å². The Hall–Kier alpha value is -2.14. The zero-order valence-electron chi connectivity index (χ0n) is 16.2. The molecule has 2 aromatic heterocycles. The van der Waals surface area contributed by atoms with Crippen LogP contribution in [0.3, 0.4) is 0 Å². The minimum Gasteiger partial charge on any atom is -0.489 e. The largest absolute Gasteiger partial charge is 0.489 e. The van der Waals surface area contributed by atoms with Crippen molar-refractivity contribution in [1.29, 1.82) is 0 Å². The summed E-state index contributed by atoms with van der Waals surface area (Å²) < 4.78 is 7.93. The fourth-order valence-corrected chi connectivity index (χ4v) is 3.98. The Balaban J connectivity index is 1.80. The summed E-state index contributed by atoms with van der Waals surface area (Å²) in [6.45, 7) is 6.24. The van der Waals surface area contributed by atoms with Crippen molar-refractivity contribution in [3.05, 3.63) is 42.4 Å². The highest BCUT2D eigenvalue weighted by Gasteiger charge is 2.22. The Morgan fingerprint density at radius 1 is 1.44 bits per heavy atom. The van der Waals surface area contributed by atoms with Crippen molar-refractivity contribution >= 4 is 11.4 Å². The number of carbonyl (C=O) groups excluding carboxylic acids is 1. The van der Waals surface area contributed by atoms with Gasteiger partial charge in [-0.15, -0.1) is 6.58 Å². The maximum atomic E-state index is 12.9. The molecule has 0 radical (unpaired) electrons. The zero-order chi connectivity index (χ0) is 19.2. The topological polar surface area (TPSA) is 63.8 Å². The van der Waals surface area contributed by atoms with Crippen LogP contribution in [0, 0.1) is 18.8 Å². The first kappa shape index (κ1) is 19.6. The first-order chi connectivity index (χ1) is 13.1. The average Bonchev–Trinajstić information content (AvgIpc) is 3.03. The lowest BCUT2D eigenvalue weighted by atomic mass is 9.90. The number of aliphatic hydroxyl groups is 1. The first-order valence-corrected chi connectivity index (χ1v) is 9.99. The molecule has 1 saturated carbocycles. The van der Waals surface area contributed by atoms with Crippen molar-refractivity contribution < 1.29 is 14.6 Å². The third-order valence-electron chi connectivity index (χ3n) is 5.48. The van der Waals surface area contributed by atoms with Crippen LogP contribution in [0.25, 0.3) is 5.65 Å². The fraction of sp³-hybridized carbons (Fsp3) is 0.545. The van der Waals surface area contributed by atoms with Crippen LogP contribution in [0.1, 0.15) is 61.1 Å². The highest BCUT2D eigenvalue weighted by molar-refractivity contribution is 5.96. The number of hydrogen-bond donors (Lipinski definition) is 1. The van der Waals surface area contributed by atoms with Gasteiger partial charge in [0.2, 0.25) is 0 Å². The summed E-state index contributed by atoms with van der Waals surface area (Å²) in [5, 5.41) is 9.48. The molecule has 0 amide bonds. The van der Waals surface area contributed by atoms with E-state index >= 15 is 0 Å². The molecular formula is C22H30N2O3. The number of fused-ring (bicyclic) bond motifs is 1. The molecule has 0 saturated heterocycles. The molecule has 1 aliphatic rings. The molecule has 5 nitrogen and oxygen atoms in total. The van der Waals surface area contributed by atoms with Crippen LogP contribution in [0.5, 0.6) is 5.75 Å². The van der Waals surface area contributed by atoms with Crippen molar-refractivity contribution in [3.63, 3.8) is 0 Å². The van der Waals surface area contributed by atoms with Crippen LogP contribution in [-0.4, -0.2) is 33.5 Å². The van der Waals surface area contributed by atoms with Crippen LogP contribution >= 0.6 is 0 Å². The normalized spacial score (nSPS) is 16.4. The van der Waals surface area contributed by atoms with Crippen LogP contribution in [-0.2, 0) is 0 Å². The number of allylic oxidation sites excluding steroid dienone is 1. The van der Waals surface area contributed by atoms with E-state index in [-0.39, 0.29) is 24.7 Å². The lowest BCUT2D eigenvalue weighted by Gasteiger charge is -2.21. The number of Topliss-reactive ketones (excluding diaryl/α,β-unsaturated/α-hetero) is 1. The Kier molecular flexibility index (Phi) is 6.67. The second kappa shape index (κ2) is 9.18. The monoisotopic (exact) mass is 370 g/mol. The van der Waals surface area contributed by atoms with Gasteiger partial charge in [0.05, 0.1) is 12.3 Å². The molecule has 3 rings (SSSR count). The highest BCUT2D eigenvalue weighted by Crippen LogP contribution is 2.27. The number of ketones is 1. The SMILES string of the molecule is C=CCC(CO)CC(=O)c1c(C)nc2c(OCC3CCCCC3)cccn12. The molecule has 146 valence electrons. The molecule has 0 aliphatic heterocycles. The van der Waals surface area contributed by atoms with E-state index in [0.717, 1.165) is 5.75 Å². The van der Waals surface area contributed by atoms with E-state index in [0.29, 0.717) is 36.0 Å². The number of ether oxygens (including phenoxy) is 1. The predicted octanol–water partition coefficient (Wildman–Crippen LogP) is 4.36.